The van der Waals surface area contributed by atoms with Gasteiger partial charge in [-0.05, 0) is 49.6 Å². The number of nitrogens with one attached hydrogen (secondary N) is 1. The van der Waals surface area contributed by atoms with Crippen LogP contribution in [-0.2, 0) is 6.42 Å². The monoisotopic (exact) mass is 263 g/mol. The van der Waals surface area contributed by atoms with E-state index < -0.39 is 11.6 Å². The molecule has 1 N–H and O–H groups in total. The van der Waals surface area contributed by atoms with E-state index in [4.69, 9.17) is 0 Å². The zero-order valence-corrected chi connectivity index (χ0v) is 11.1. The molecule has 2 rings (SSSR count). The molecule has 4 heteroatoms. The Morgan fingerprint density at radius 3 is 2.32 bits per heavy atom. The molecule has 0 atom stereocenters. The normalized spacial score (nSPS) is 10.8. The smallest absolute Gasteiger partial charge is 0.183 e. The van der Waals surface area contributed by atoms with Crippen molar-refractivity contribution in [2.75, 3.05) is 0 Å². The second-order valence-electron chi connectivity index (χ2n) is 4.72. The third-order valence-electron chi connectivity index (χ3n) is 3.44. The molecule has 19 heavy (non-hydrogen) atoms. The SMILES string of the molecule is Cc1[nH]c(C(=O)Cc2ccc(F)c(F)c2)c(C)c1C. The highest BCUT2D eigenvalue weighted by Gasteiger charge is 2.16. The topological polar surface area (TPSA) is 32.9 Å². The lowest BCUT2D eigenvalue weighted by atomic mass is 10.0. The average molecular weight is 263 g/mol. The number of hydrogen-bond donors (Lipinski definition) is 1. The minimum absolute atomic E-state index is 0.0530. The fourth-order valence-corrected chi connectivity index (χ4v) is 2.05. The summed E-state index contributed by atoms with van der Waals surface area (Å²) >= 11 is 0. The van der Waals surface area contributed by atoms with Gasteiger partial charge in [0.15, 0.2) is 17.4 Å². The number of aryl methyl sites for hydroxylation is 1. The van der Waals surface area contributed by atoms with Crippen molar-refractivity contribution in [1.29, 1.82) is 0 Å². The lowest BCUT2D eigenvalue weighted by molar-refractivity contribution is 0.0988. The van der Waals surface area contributed by atoms with Crippen LogP contribution in [-0.4, -0.2) is 10.8 Å². The van der Waals surface area contributed by atoms with Crippen LogP contribution in [0.2, 0.25) is 0 Å². The lowest BCUT2D eigenvalue weighted by Crippen LogP contribution is -2.06. The molecule has 1 aromatic heterocycles. The van der Waals surface area contributed by atoms with Crippen LogP contribution in [0.4, 0.5) is 8.78 Å². The van der Waals surface area contributed by atoms with Crippen molar-refractivity contribution in [3.8, 4) is 0 Å². The Kier molecular flexibility index (Phi) is 3.51. The van der Waals surface area contributed by atoms with Crippen LogP contribution in [0, 0.1) is 32.4 Å². The quantitative estimate of drug-likeness (QED) is 0.842. The molecule has 0 aliphatic heterocycles. The fourth-order valence-electron chi connectivity index (χ4n) is 2.05. The van der Waals surface area contributed by atoms with E-state index in [1.165, 1.54) is 6.07 Å². The molecule has 0 aliphatic carbocycles. The number of H-pyrrole nitrogens is 1. The van der Waals surface area contributed by atoms with Crippen LogP contribution in [0.1, 0.15) is 32.9 Å². The summed E-state index contributed by atoms with van der Waals surface area (Å²) in [5.74, 6) is -1.96. The number of benzene rings is 1. The van der Waals surface area contributed by atoms with Crippen LogP contribution in [0.25, 0.3) is 0 Å². The number of hydrogen-bond acceptors (Lipinski definition) is 1. The van der Waals surface area contributed by atoms with Gasteiger partial charge >= 0.3 is 0 Å². The van der Waals surface area contributed by atoms with Crippen molar-refractivity contribution in [3.05, 3.63) is 57.9 Å². The summed E-state index contributed by atoms with van der Waals surface area (Å²) in [5, 5.41) is 0. The van der Waals surface area contributed by atoms with Crippen molar-refractivity contribution in [2.45, 2.75) is 27.2 Å². The van der Waals surface area contributed by atoms with Gasteiger partial charge in [0, 0.05) is 12.1 Å². The summed E-state index contributed by atoms with van der Waals surface area (Å²) in [5.41, 5.74) is 3.91. The number of carbonyl (C=O) groups excluding carboxylic acids is 1. The predicted octanol–water partition coefficient (Wildman–Crippen LogP) is 3.64. The van der Waals surface area contributed by atoms with Crippen molar-refractivity contribution >= 4 is 5.78 Å². The average Bonchev–Trinajstić information content (AvgIpc) is 2.62. The molecule has 1 aromatic carbocycles. The van der Waals surface area contributed by atoms with Crippen LogP contribution < -0.4 is 0 Å². The third kappa shape index (κ3) is 2.57. The molecule has 0 aliphatic rings. The maximum Gasteiger partial charge on any atom is 0.183 e. The number of aromatic amines is 1. The van der Waals surface area contributed by atoms with E-state index >= 15 is 0 Å². The van der Waals surface area contributed by atoms with Crippen molar-refractivity contribution < 1.29 is 13.6 Å². The second-order valence-corrected chi connectivity index (χ2v) is 4.72. The molecule has 0 amide bonds. The highest BCUT2D eigenvalue weighted by molar-refractivity contribution is 5.97. The Morgan fingerprint density at radius 1 is 1.11 bits per heavy atom. The standard InChI is InChI=1S/C15H15F2NO/c1-8-9(2)15(18-10(8)3)14(19)7-11-4-5-12(16)13(17)6-11/h4-6,18H,7H2,1-3H3. The second kappa shape index (κ2) is 4.96. The lowest BCUT2D eigenvalue weighted by Gasteiger charge is -2.02. The summed E-state index contributed by atoms with van der Waals surface area (Å²) in [6.07, 6.45) is 0.0530. The van der Waals surface area contributed by atoms with E-state index in [0.717, 1.165) is 29.0 Å². The highest BCUT2D eigenvalue weighted by atomic mass is 19.2. The van der Waals surface area contributed by atoms with Gasteiger partial charge in [0.1, 0.15) is 0 Å². The molecular weight excluding hydrogens is 248 g/mol. The molecule has 1 heterocycles. The van der Waals surface area contributed by atoms with E-state index in [2.05, 4.69) is 4.98 Å². The van der Waals surface area contributed by atoms with Crippen LogP contribution in [0.5, 0.6) is 0 Å². The van der Waals surface area contributed by atoms with Crippen molar-refractivity contribution in [2.24, 2.45) is 0 Å². The van der Waals surface area contributed by atoms with Gasteiger partial charge in [-0.1, -0.05) is 6.07 Å². The van der Waals surface area contributed by atoms with Gasteiger partial charge in [0.05, 0.1) is 5.69 Å². The molecule has 100 valence electrons. The minimum Gasteiger partial charge on any atom is -0.356 e. The van der Waals surface area contributed by atoms with E-state index in [1.54, 1.807) is 0 Å². The van der Waals surface area contributed by atoms with Gasteiger partial charge in [0.2, 0.25) is 0 Å². The molecule has 0 spiro atoms. The fraction of sp³-hybridized carbons (Fsp3) is 0.267. The van der Waals surface area contributed by atoms with E-state index in [-0.39, 0.29) is 12.2 Å². The Bertz CT molecular complexity index is 644. The van der Waals surface area contributed by atoms with Crippen LogP contribution in [0.3, 0.4) is 0 Å². The maximum atomic E-state index is 13.1. The molecule has 0 fully saturated rings. The summed E-state index contributed by atoms with van der Waals surface area (Å²) < 4.78 is 25.9. The van der Waals surface area contributed by atoms with Crippen molar-refractivity contribution in [1.82, 2.24) is 4.98 Å². The van der Waals surface area contributed by atoms with E-state index in [0.29, 0.717) is 11.3 Å². The Balaban J connectivity index is 2.25. The van der Waals surface area contributed by atoms with Gasteiger partial charge in [0.25, 0.3) is 0 Å². The van der Waals surface area contributed by atoms with Crippen LogP contribution >= 0.6 is 0 Å². The van der Waals surface area contributed by atoms with E-state index in [1.807, 2.05) is 20.8 Å². The number of halogens is 2. The molecule has 0 saturated heterocycles. The van der Waals surface area contributed by atoms with Crippen molar-refractivity contribution in [3.63, 3.8) is 0 Å². The highest BCUT2D eigenvalue weighted by Crippen LogP contribution is 2.19. The van der Waals surface area contributed by atoms with Gasteiger partial charge in [-0.2, -0.15) is 0 Å². The molecule has 0 bridgehead atoms. The van der Waals surface area contributed by atoms with Gasteiger partial charge in [-0.3, -0.25) is 4.79 Å². The zero-order chi connectivity index (χ0) is 14.2. The molecule has 0 unspecified atom stereocenters. The van der Waals surface area contributed by atoms with Crippen LogP contribution in [0.15, 0.2) is 18.2 Å². The molecule has 2 nitrogen and oxygen atoms in total. The van der Waals surface area contributed by atoms with Gasteiger partial charge < -0.3 is 4.98 Å². The van der Waals surface area contributed by atoms with Gasteiger partial charge in [-0.15, -0.1) is 0 Å². The predicted molar refractivity (Wildman–Crippen MR) is 69.4 cm³/mol. The Morgan fingerprint density at radius 2 is 1.79 bits per heavy atom. The number of Topliss-reactive ketones (excluding diaryl/α,β-unsaturated/α-hetero) is 1. The first-order chi connectivity index (χ1) is 8.90. The summed E-state index contributed by atoms with van der Waals surface area (Å²) in [4.78, 5) is 15.2. The molecular formula is C15H15F2NO. The molecule has 2 aromatic rings. The number of carbonyl (C=O) groups is 1. The summed E-state index contributed by atoms with van der Waals surface area (Å²) in [6, 6.07) is 3.52. The Labute approximate surface area is 110 Å². The third-order valence-corrected chi connectivity index (χ3v) is 3.44. The first-order valence-electron chi connectivity index (χ1n) is 6.03. The first kappa shape index (κ1) is 13.5. The molecule has 0 saturated carbocycles. The number of ketones is 1. The first-order valence-corrected chi connectivity index (χ1v) is 6.03. The van der Waals surface area contributed by atoms with E-state index in [9.17, 15) is 13.6 Å². The minimum atomic E-state index is -0.930. The largest absolute Gasteiger partial charge is 0.356 e. The zero-order valence-electron chi connectivity index (χ0n) is 11.1. The number of rotatable bonds is 3. The number of aromatic nitrogens is 1. The van der Waals surface area contributed by atoms with Gasteiger partial charge in [-0.25, -0.2) is 8.78 Å². The summed E-state index contributed by atoms with van der Waals surface area (Å²) in [7, 11) is 0. The maximum absolute atomic E-state index is 13.1. The summed E-state index contributed by atoms with van der Waals surface area (Å²) in [6.45, 7) is 5.71. The molecule has 0 radical (unpaired) electrons. The Hall–Kier alpha value is -1.97.